The van der Waals surface area contributed by atoms with Crippen LogP contribution in [0.1, 0.15) is 38.4 Å². The Morgan fingerprint density at radius 3 is 2.61 bits per heavy atom. The molecule has 2 heterocycles. The lowest BCUT2D eigenvalue weighted by Crippen LogP contribution is -2.32. The van der Waals surface area contributed by atoms with E-state index in [1.165, 1.54) is 0 Å². The summed E-state index contributed by atoms with van der Waals surface area (Å²) >= 11 is 3.30. The van der Waals surface area contributed by atoms with Gasteiger partial charge in [-0.3, -0.25) is 19.3 Å². The number of fused-ring (bicyclic) bond motifs is 1. The lowest BCUT2D eigenvalue weighted by molar-refractivity contribution is -0.116. The molecule has 0 unspecified atom stereocenters. The Morgan fingerprint density at radius 2 is 1.81 bits per heavy atom. The van der Waals surface area contributed by atoms with Gasteiger partial charge in [-0.15, -0.1) is 0 Å². The molecular formula is C24H16BrN3O3. The Labute approximate surface area is 187 Å². The van der Waals surface area contributed by atoms with Crippen LogP contribution in [0, 0.1) is 11.8 Å². The van der Waals surface area contributed by atoms with E-state index in [1.807, 2.05) is 24.3 Å². The molecule has 0 bridgehead atoms. The molecule has 0 radical (unpaired) electrons. The molecule has 3 aromatic rings. The Balaban J connectivity index is 1.37. The zero-order valence-corrected chi connectivity index (χ0v) is 17.8. The van der Waals surface area contributed by atoms with Crippen molar-refractivity contribution in [3.8, 4) is 11.8 Å². The van der Waals surface area contributed by atoms with Gasteiger partial charge in [0.15, 0.2) is 0 Å². The third kappa shape index (κ3) is 4.71. The highest BCUT2D eigenvalue weighted by molar-refractivity contribution is 9.10. The first-order valence-electron chi connectivity index (χ1n) is 9.50. The topological polar surface area (TPSA) is 79.4 Å². The van der Waals surface area contributed by atoms with Crippen LogP contribution in [0.2, 0.25) is 0 Å². The average molecular weight is 474 g/mol. The molecule has 7 heteroatoms. The van der Waals surface area contributed by atoms with Gasteiger partial charge in [0.1, 0.15) is 5.69 Å². The van der Waals surface area contributed by atoms with Crippen LogP contribution < -0.4 is 5.32 Å². The van der Waals surface area contributed by atoms with E-state index in [1.54, 1.807) is 42.6 Å². The highest BCUT2D eigenvalue weighted by Gasteiger charge is 2.35. The fourth-order valence-corrected chi connectivity index (χ4v) is 3.51. The summed E-state index contributed by atoms with van der Waals surface area (Å²) in [6.45, 7) is 0.00890. The zero-order valence-electron chi connectivity index (χ0n) is 16.3. The fraction of sp³-hybridized carbons (Fsp3) is 0.0833. The molecule has 6 nitrogen and oxygen atoms in total. The number of carbonyl (C=O) groups is 3. The predicted molar refractivity (Wildman–Crippen MR) is 119 cm³/mol. The van der Waals surface area contributed by atoms with Gasteiger partial charge in [0.2, 0.25) is 5.91 Å². The molecule has 4 rings (SSSR count). The number of pyridine rings is 1. The summed E-state index contributed by atoms with van der Waals surface area (Å²) in [5, 5.41) is 2.79. The van der Waals surface area contributed by atoms with Gasteiger partial charge in [0.25, 0.3) is 11.8 Å². The molecule has 152 valence electrons. The molecule has 0 aliphatic carbocycles. The Kier molecular flexibility index (Phi) is 5.92. The van der Waals surface area contributed by atoms with Gasteiger partial charge >= 0.3 is 0 Å². The lowest BCUT2D eigenvalue weighted by atomic mass is 10.1. The summed E-state index contributed by atoms with van der Waals surface area (Å²) in [6.07, 6.45) is 1.67. The second-order valence-electron chi connectivity index (χ2n) is 6.80. The largest absolute Gasteiger partial charge is 0.326 e. The molecule has 1 aromatic heterocycles. The molecule has 0 saturated heterocycles. The van der Waals surface area contributed by atoms with Crippen molar-refractivity contribution in [1.82, 2.24) is 9.88 Å². The van der Waals surface area contributed by atoms with E-state index in [4.69, 9.17) is 0 Å². The number of halogens is 1. The van der Waals surface area contributed by atoms with E-state index in [0.717, 1.165) is 14.9 Å². The number of hydrogen-bond acceptors (Lipinski definition) is 4. The van der Waals surface area contributed by atoms with Crippen LogP contribution in [0.5, 0.6) is 0 Å². The van der Waals surface area contributed by atoms with Crippen LogP contribution in [-0.2, 0) is 4.79 Å². The van der Waals surface area contributed by atoms with Gasteiger partial charge in [-0.1, -0.05) is 34.0 Å². The van der Waals surface area contributed by atoms with Gasteiger partial charge in [-0.2, -0.15) is 0 Å². The van der Waals surface area contributed by atoms with E-state index in [-0.39, 0.29) is 30.7 Å². The number of aromatic nitrogens is 1. The molecule has 31 heavy (non-hydrogen) atoms. The van der Waals surface area contributed by atoms with Crippen LogP contribution in [0.25, 0.3) is 0 Å². The Bertz CT molecular complexity index is 1250. The molecule has 2 aromatic carbocycles. The first-order valence-corrected chi connectivity index (χ1v) is 10.3. The smallest absolute Gasteiger partial charge is 0.261 e. The molecule has 1 N–H and O–H groups in total. The maximum atomic E-state index is 12.5. The number of hydrogen-bond donors (Lipinski definition) is 1. The van der Waals surface area contributed by atoms with Crippen LogP contribution >= 0.6 is 15.9 Å². The van der Waals surface area contributed by atoms with Crippen molar-refractivity contribution in [3.05, 3.63) is 93.7 Å². The lowest BCUT2D eigenvalue weighted by Gasteiger charge is -2.13. The first-order chi connectivity index (χ1) is 15.0. The monoisotopic (exact) mass is 473 g/mol. The van der Waals surface area contributed by atoms with Crippen molar-refractivity contribution in [3.63, 3.8) is 0 Å². The average Bonchev–Trinajstić information content (AvgIpc) is 3.01. The summed E-state index contributed by atoms with van der Waals surface area (Å²) in [5.74, 6) is 4.91. The van der Waals surface area contributed by atoms with Gasteiger partial charge in [-0.25, -0.2) is 4.98 Å². The minimum Gasteiger partial charge on any atom is -0.326 e. The first kappa shape index (κ1) is 20.5. The van der Waals surface area contributed by atoms with Gasteiger partial charge in [0, 0.05) is 34.9 Å². The number of imide groups is 1. The van der Waals surface area contributed by atoms with Gasteiger partial charge in [-0.05, 0) is 54.5 Å². The second kappa shape index (κ2) is 8.94. The van der Waals surface area contributed by atoms with E-state index in [2.05, 4.69) is 38.1 Å². The number of anilines is 1. The molecule has 0 saturated carbocycles. The van der Waals surface area contributed by atoms with Crippen LogP contribution in [0.15, 0.2) is 71.3 Å². The summed E-state index contributed by atoms with van der Waals surface area (Å²) in [6, 6.07) is 17.6. The highest BCUT2D eigenvalue weighted by atomic mass is 79.9. The van der Waals surface area contributed by atoms with Gasteiger partial charge < -0.3 is 5.32 Å². The third-order valence-electron chi connectivity index (χ3n) is 4.64. The minimum atomic E-state index is -0.388. The molecule has 0 fully saturated rings. The highest BCUT2D eigenvalue weighted by Crippen LogP contribution is 2.26. The standard InChI is InChI=1S/C24H16BrN3O3/c25-17-8-10-20-21(15-17)24(31)28(23(20)30)13-11-22(29)27-19-6-3-4-16(14-19)7-9-18-5-1-2-12-26-18/h1-6,8,10,12,14-15H,11,13H2,(H,27,29). The fourth-order valence-electron chi connectivity index (χ4n) is 3.15. The number of rotatable bonds is 4. The predicted octanol–water partition coefficient (Wildman–Crippen LogP) is 3.87. The quantitative estimate of drug-likeness (QED) is 0.460. The van der Waals surface area contributed by atoms with Crippen molar-refractivity contribution in [2.45, 2.75) is 6.42 Å². The SMILES string of the molecule is O=C(CCN1C(=O)c2ccc(Br)cc2C1=O)Nc1cccc(C#Cc2ccccn2)c1. The number of nitrogens with zero attached hydrogens (tertiary/aromatic N) is 2. The summed E-state index contributed by atoms with van der Waals surface area (Å²) in [4.78, 5) is 42.6. The van der Waals surface area contributed by atoms with Crippen molar-refractivity contribution in [2.24, 2.45) is 0 Å². The number of amides is 3. The van der Waals surface area contributed by atoms with Crippen molar-refractivity contribution in [1.29, 1.82) is 0 Å². The zero-order chi connectivity index (χ0) is 21.8. The molecule has 3 amide bonds. The third-order valence-corrected chi connectivity index (χ3v) is 5.13. The summed E-state index contributed by atoms with van der Waals surface area (Å²) in [7, 11) is 0. The molecule has 1 aliphatic rings. The molecule has 1 aliphatic heterocycles. The van der Waals surface area contributed by atoms with Crippen molar-refractivity contribution >= 4 is 39.3 Å². The van der Waals surface area contributed by atoms with Crippen molar-refractivity contribution < 1.29 is 14.4 Å². The van der Waals surface area contributed by atoms with Crippen LogP contribution in [-0.4, -0.2) is 34.2 Å². The van der Waals surface area contributed by atoms with E-state index >= 15 is 0 Å². The van der Waals surface area contributed by atoms with E-state index in [9.17, 15) is 14.4 Å². The maximum absolute atomic E-state index is 12.5. The summed E-state index contributed by atoms with van der Waals surface area (Å²) in [5.41, 5.74) is 2.68. The summed E-state index contributed by atoms with van der Waals surface area (Å²) < 4.78 is 0.720. The second-order valence-corrected chi connectivity index (χ2v) is 7.71. The van der Waals surface area contributed by atoms with E-state index < -0.39 is 0 Å². The Hall–Kier alpha value is -3.76. The number of nitrogens with one attached hydrogen (secondary N) is 1. The van der Waals surface area contributed by atoms with Crippen LogP contribution in [0.4, 0.5) is 5.69 Å². The Morgan fingerprint density at radius 1 is 0.968 bits per heavy atom. The molecule has 0 spiro atoms. The molecule has 0 atom stereocenters. The minimum absolute atomic E-state index is 0.00349. The van der Waals surface area contributed by atoms with E-state index in [0.29, 0.717) is 22.5 Å². The maximum Gasteiger partial charge on any atom is 0.261 e. The van der Waals surface area contributed by atoms with Crippen LogP contribution in [0.3, 0.4) is 0 Å². The number of carbonyl (C=O) groups excluding carboxylic acids is 3. The molecular weight excluding hydrogens is 458 g/mol. The normalized spacial score (nSPS) is 12.2. The van der Waals surface area contributed by atoms with Gasteiger partial charge in [0.05, 0.1) is 11.1 Å². The van der Waals surface area contributed by atoms with Crippen molar-refractivity contribution in [2.75, 3.05) is 11.9 Å². The number of benzene rings is 2.